The predicted octanol–water partition coefficient (Wildman–Crippen LogP) is 3.84. The van der Waals surface area contributed by atoms with Crippen LogP contribution in [0.1, 0.15) is 21.3 Å². The van der Waals surface area contributed by atoms with Gasteiger partial charge >= 0.3 is 12.0 Å². The molecule has 28 heavy (non-hydrogen) atoms. The summed E-state index contributed by atoms with van der Waals surface area (Å²) in [7, 11) is 0. The van der Waals surface area contributed by atoms with Crippen molar-refractivity contribution in [1.82, 2.24) is 19.9 Å². The predicted molar refractivity (Wildman–Crippen MR) is 101 cm³/mol. The van der Waals surface area contributed by atoms with E-state index in [1.807, 2.05) is 19.1 Å². The Morgan fingerprint density at radius 1 is 1.11 bits per heavy atom. The first kappa shape index (κ1) is 17.8. The molecule has 8 nitrogen and oxygen atoms in total. The van der Waals surface area contributed by atoms with E-state index in [0.29, 0.717) is 17.5 Å². The first-order chi connectivity index (χ1) is 13.6. The summed E-state index contributed by atoms with van der Waals surface area (Å²) in [5.41, 5.74) is 2.10. The van der Waals surface area contributed by atoms with Crippen LogP contribution in [-0.2, 0) is 6.61 Å². The Morgan fingerprint density at radius 2 is 1.89 bits per heavy atom. The maximum Gasteiger partial charge on any atom is 0.371 e. The largest absolute Gasteiger partial charge is 0.475 e. The third kappa shape index (κ3) is 3.74. The highest BCUT2D eigenvalue weighted by Crippen LogP contribution is 2.31. The molecule has 4 aromatic rings. The second-order valence-electron chi connectivity index (χ2n) is 5.72. The summed E-state index contributed by atoms with van der Waals surface area (Å²) in [5.74, 6) is -0.849. The van der Waals surface area contributed by atoms with E-state index >= 15 is 0 Å². The van der Waals surface area contributed by atoms with Crippen LogP contribution in [0.4, 0.5) is 0 Å². The van der Waals surface area contributed by atoms with Gasteiger partial charge in [0.1, 0.15) is 17.3 Å². The molecule has 4 heterocycles. The molecule has 0 unspecified atom stereocenters. The van der Waals surface area contributed by atoms with Crippen LogP contribution in [-0.4, -0.2) is 31.0 Å². The molecule has 140 valence electrons. The minimum absolute atomic E-state index is 0.126. The minimum Gasteiger partial charge on any atom is -0.475 e. The van der Waals surface area contributed by atoms with Crippen LogP contribution in [0.5, 0.6) is 6.01 Å². The van der Waals surface area contributed by atoms with Crippen LogP contribution >= 0.6 is 11.3 Å². The third-order valence-electron chi connectivity index (χ3n) is 3.76. The topological polar surface area (TPSA) is 111 Å². The Balaban J connectivity index is 1.57. The molecular formula is C19H14N4O4S. The number of nitrogens with zero attached hydrogens (tertiary/aromatic N) is 4. The van der Waals surface area contributed by atoms with Crippen LogP contribution in [0.15, 0.2) is 53.2 Å². The van der Waals surface area contributed by atoms with Gasteiger partial charge in [0.05, 0.1) is 16.3 Å². The molecule has 0 aliphatic heterocycles. The number of hydrogen-bond acceptors (Lipinski definition) is 8. The van der Waals surface area contributed by atoms with E-state index in [1.165, 1.54) is 17.4 Å². The number of aryl methyl sites for hydroxylation is 1. The van der Waals surface area contributed by atoms with E-state index in [-0.39, 0.29) is 12.4 Å². The first-order valence-corrected chi connectivity index (χ1v) is 9.09. The second kappa shape index (κ2) is 7.57. The van der Waals surface area contributed by atoms with E-state index in [4.69, 9.17) is 14.3 Å². The summed E-state index contributed by atoms with van der Waals surface area (Å²) in [6, 6.07) is 10.5. The van der Waals surface area contributed by atoms with Gasteiger partial charge in [-0.15, -0.1) is 11.3 Å². The summed E-state index contributed by atoms with van der Waals surface area (Å²) in [4.78, 5) is 29.1. The molecule has 0 atom stereocenters. The number of aromatic nitrogens is 4. The molecule has 0 aliphatic rings. The number of aromatic carboxylic acids is 1. The average molecular weight is 394 g/mol. The van der Waals surface area contributed by atoms with E-state index in [1.54, 1.807) is 30.6 Å². The van der Waals surface area contributed by atoms with Gasteiger partial charge in [-0.3, -0.25) is 0 Å². The van der Waals surface area contributed by atoms with Crippen LogP contribution in [0, 0.1) is 6.92 Å². The summed E-state index contributed by atoms with van der Waals surface area (Å²) >= 11 is 1.47. The molecule has 0 saturated heterocycles. The van der Waals surface area contributed by atoms with Crippen LogP contribution in [0.2, 0.25) is 0 Å². The van der Waals surface area contributed by atoms with E-state index in [9.17, 15) is 4.79 Å². The quantitative estimate of drug-likeness (QED) is 0.525. The molecule has 9 heteroatoms. The number of thiazole rings is 1. The first-order valence-electron chi connectivity index (χ1n) is 8.27. The number of carbonyl (C=O) groups is 1. The lowest BCUT2D eigenvalue weighted by Crippen LogP contribution is -1.98. The maximum atomic E-state index is 11.0. The third-order valence-corrected chi connectivity index (χ3v) is 4.91. The van der Waals surface area contributed by atoms with E-state index in [0.717, 1.165) is 21.3 Å². The normalized spacial score (nSPS) is 10.8. The molecule has 0 spiro atoms. The van der Waals surface area contributed by atoms with Crippen LogP contribution < -0.4 is 4.74 Å². The lowest BCUT2D eigenvalue weighted by molar-refractivity contribution is 0.0663. The lowest BCUT2D eigenvalue weighted by Gasteiger charge is -2.01. The van der Waals surface area contributed by atoms with Crippen molar-refractivity contribution >= 4 is 17.3 Å². The molecular weight excluding hydrogens is 380 g/mol. The average Bonchev–Trinajstić information content (AvgIpc) is 3.34. The van der Waals surface area contributed by atoms with Gasteiger partial charge in [-0.25, -0.2) is 24.7 Å². The standard InChI is InChI=1S/C19H14N4O4S/c1-11-17(28-16(22-11)10-26-19-20-8-3-9-21-19)13-5-2-4-12(23-13)14-6-7-15(27-14)18(24)25/h2-9H,10H2,1H3,(H,24,25). The molecule has 0 bridgehead atoms. The summed E-state index contributed by atoms with van der Waals surface area (Å²) in [5, 5.41) is 9.78. The fraction of sp³-hybridized carbons (Fsp3) is 0.105. The number of ether oxygens (including phenoxy) is 1. The zero-order chi connectivity index (χ0) is 19.5. The minimum atomic E-state index is -1.12. The van der Waals surface area contributed by atoms with Crippen molar-refractivity contribution < 1.29 is 19.1 Å². The Labute approximate surface area is 163 Å². The monoisotopic (exact) mass is 394 g/mol. The number of furan rings is 1. The van der Waals surface area contributed by atoms with Gasteiger partial charge in [0, 0.05) is 12.4 Å². The summed E-state index contributed by atoms with van der Waals surface area (Å²) in [6.07, 6.45) is 3.22. The highest BCUT2D eigenvalue weighted by molar-refractivity contribution is 7.15. The van der Waals surface area contributed by atoms with Crippen molar-refractivity contribution in [1.29, 1.82) is 0 Å². The van der Waals surface area contributed by atoms with Gasteiger partial charge in [-0.05, 0) is 37.3 Å². The van der Waals surface area contributed by atoms with Gasteiger partial charge in [-0.2, -0.15) is 0 Å². The van der Waals surface area contributed by atoms with Gasteiger partial charge < -0.3 is 14.3 Å². The van der Waals surface area contributed by atoms with Gasteiger partial charge in [-0.1, -0.05) is 6.07 Å². The molecule has 1 N–H and O–H groups in total. The Hall–Kier alpha value is -3.59. The number of carboxylic acids is 1. The van der Waals surface area contributed by atoms with Crippen molar-refractivity contribution in [2.24, 2.45) is 0 Å². The van der Waals surface area contributed by atoms with Crippen molar-refractivity contribution in [2.45, 2.75) is 13.5 Å². The van der Waals surface area contributed by atoms with Gasteiger partial charge in [0.2, 0.25) is 5.76 Å². The van der Waals surface area contributed by atoms with E-state index in [2.05, 4.69) is 19.9 Å². The smallest absolute Gasteiger partial charge is 0.371 e. The zero-order valence-corrected chi connectivity index (χ0v) is 15.5. The molecule has 4 rings (SSSR count). The Kier molecular flexibility index (Phi) is 4.81. The Bertz CT molecular complexity index is 1120. The van der Waals surface area contributed by atoms with Crippen molar-refractivity contribution in [2.75, 3.05) is 0 Å². The summed E-state index contributed by atoms with van der Waals surface area (Å²) in [6.45, 7) is 2.16. The fourth-order valence-corrected chi connectivity index (χ4v) is 3.47. The highest BCUT2D eigenvalue weighted by atomic mass is 32.1. The molecule has 0 radical (unpaired) electrons. The molecule has 0 fully saturated rings. The molecule has 0 aliphatic carbocycles. The van der Waals surface area contributed by atoms with Crippen LogP contribution in [0.25, 0.3) is 22.0 Å². The molecule has 0 saturated carbocycles. The SMILES string of the molecule is Cc1nc(COc2ncccn2)sc1-c1cccc(-c2ccc(C(=O)O)o2)n1. The summed E-state index contributed by atoms with van der Waals surface area (Å²) < 4.78 is 10.9. The van der Waals surface area contributed by atoms with Crippen molar-refractivity contribution in [3.8, 4) is 28.0 Å². The lowest BCUT2D eigenvalue weighted by atomic mass is 10.2. The number of rotatable bonds is 6. The maximum absolute atomic E-state index is 11.0. The van der Waals surface area contributed by atoms with Crippen LogP contribution in [0.3, 0.4) is 0 Å². The fourth-order valence-electron chi connectivity index (χ4n) is 2.53. The number of pyridine rings is 1. The van der Waals surface area contributed by atoms with E-state index < -0.39 is 5.97 Å². The number of carboxylic acid groups (broad SMARTS) is 1. The number of hydrogen-bond donors (Lipinski definition) is 1. The van der Waals surface area contributed by atoms with Gasteiger partial charge in [0.25, 0.3) is 0 Å². The highest BCUT2D eigenvalue weighted by Gasteiger charge is 2.15. The molecule has 0 amide bonds. The molecule has 0 aromatic carbocycles. The second-order valence-corrected chi connectivity index (χ2v) is 6.80. The molecule has 4 aromatic heterocycles. The Morgan fingerprint density at radius 3 is 2.64 bits per heavy atom. The van der Waals surface area contributed by atoms with Crippen molar-refractivity contribution in [3.63, 3.8) is 0 Å². The zero-order valence-electron chi connectivity index (χ0n) is 14.7. The van der Waals surface area contributed by atoms with Crippen molar-refractivity contribution in [3.05, 3.63) is 65.3 Å². The van der Waals surface area contributed by atoms with Gasteiger partial charge in [0.15, 0.2) is 5.76 Å².